The number of esters is 1. The molecule has 0 fully saturated rings. The minimum atomic E-state index is -0.300. The molecule has 0 heterocycles. The van der Waals surface area contributed by atoms with Crippen molar-refractivity contribution < 1.29 is 19.7 Å². The quantitative estimate of drug-likeness (QED) is 0.665. The van der Waals surface area contributed by atoms with Crippen molar-refractivity contribution in [3.05, 3.63) is 72.3 Å². The smallest absolute Gasteiger partial charge is 0.302 e. The third-order valence-electron chi connectivity index (χ3n) is 4.16. The van der Waals surface area contributed by atoms with E-state index < -0.39 is 0 Å². The second kappa shape index (κ2) is 7.74. The highest BCUT2D eigenvalue weighted by atomic mass is 16.5. The van der Waals surface area contributed by atoms with Gasteiger partial charge in [0, 0.05) is 13.3 Å². The molecular weight excluding hydrogens is 328 g/mol. The monoisotopic (exact) mass is 348 g/mol. The molecule has 0 radical (unpaired) electrons. The fourth-order valence-electron chi connectivity index (χ4n) is 2.96. The summed E-state index contributed by atoms with van der Waals surface area (Å²) >= 11 is 0. The zero-order valence-corrected chi connectivity index (χ0v) is 14.5. The molecule has 0 atom stereocenters. The van der Waals surface area contributed by atoms with Gasteiger partial charge in [-0.25, -0.2) is 0 Å². The summed E-state index contributed by atoms with van der Waals surface area (Å²) in [4.78, 5) is 11.1. The van der Waals surface area contributed by atoms with Crippen LogP contribution >= 0.6 is 0 Å². The molecule has 0 amide bonds. The molecule has 3 aromatic carbocycles. The first-order valence-electron chi connectivity index (χ1n) is 8.38. The van der Waals surface area contributed by atoms with Crippen LogP contribution in [0.4, 0.5) is 0 Å². The maximum absolute atomic E-state index is 11.1. The predicted molar refractivity (Wildman–Crippen MR) is 101 cm³/mol. The molecule has 132 valence electrons. The van der Waals surface area contributed by atoms with Crippen LogP contribution in [0.25, 0.3) is 22.3 Å². The van der Waals surface area contributed by atoms with Gasteiger partial charge in [0.1, 0.15) is 11.5 Å². The molecule has 0 aliphatic heterocycles. The van der Waals surface area contributed by atoms with E-state index in [1.807, 2.05) is 42.5 Å². The first-order chi connectivity index (χ1) is 12.5. The van der Waals surface area contributed by atoms with E-state index in [2.05, 4.69) is 0 Å². The lowest BCUT2D eigenvalue weighted by atomic mass is 9.89. The van der Waals surface area contributed by atoms with Crippen LogP contribution in [0.5, 0.6) is 11.5 Å². The van der Waals surface area contributed by atoms with Crippen LogP contribution in [-0.2, 0) is 16.0 Å². The summed E-state index contributed by atoms with van der Waals surface area (Å²) < 4.78 is 5.11. The second-order valence-electron chi connectivity index (χ2n) is 6.02. The van der Waals surface area contributed by atoms with Gasteiger partial charge in [0.25, 0.3) is 0 Å². The zero-order chi connectivity index (χ0) is 18.5. The Hall–Kier alpha value is -3.27. The Bertz CT molecular complexity index is 896. The van der Waals surface area contributed by atoms with Gasteiger partial charge in [0.15, 0.2) is 0 Å². The topological polar surface area (TPSA) is 66.8 Å². The highest BCUT2D eigenvalue weighted by Crippen LogP contribution is 2.36. The highest BCUT2D eigenvalue weighted by Gasteiger charge is 2.13. The van der Waals surface area contributed by atoms with Gasteiger partial charge in [0.05, 0.1) is 6.61 Å². The average molecular weight is 348 g/mol. The Labute approximate surface area is 152 Å². The Morgan fingerprint density at radius 2 is 1.42 bits per heavy atom. The van der Waals surface area contributed by atoms with Crippen LogP contribution in [0.1, 0.15) is 12.5 Å². The van der Waals surface area contributed by atoms with Gasteiger partial charge >= 0.3 is 5.97 Å². The number of carbonyl (C=O) groups excluding carboxylic acids is 1. The van der Waals surface area contributed by atoms with E-state index in [1.54, 1.807) is 24.3 Å². The molecule has 2 N–H and O–H groups in total. The summed E-state index contributed by atoms with van der Waals surface area (Å²) in [7, 11) is 0. The molecule has 0 saturated carbocycles. The summed E-state index contributed by atoms with van der Waals surface area (Å²) in [5, 5.41) is 19.2. The van der Waals surface area contributed by atoms with E-state index in [1.165, 1.54) is 6.92 Å². The Kier molecular flexibility index (Phi) is 5.23. The number of phenolic OH excluding ortho intramolecular Hbond substituents is 2. The molecule has 0 bridgehead atoms. The summed E-state index contributed by atoms with van der Waals surface area (Å²) in [5.41, 5.74) is 5.01. The number of rotatable bonds is 5. The third-order valence-corrected chi connectivity index (χ3v) is 4.16. The number of ether oxygens (including phenoxy) is 1. The molecular formula is C22H20O4. The van der Waals surface area contributed by atoms with Crippen molar-refractivity contribution in [3.8, 4) is 33.8 Å². The lowest BCUT2D eigenvalue weighted by Crippen LogP contribution is -2.04. The number of hydrogen-bond donors (Lipinski definition) is 2. The van der Waals surface area contributed by atoms with Crippen molar-refractivity contribution >= 4 is 5.97 Å². The van der Waals surface area contributed by atoms with E-state index in [0.29, 0.717) is 13.0 Å². The number of carbonyl (C=O) groups is 1. The number of aromatic hydroxyl groups is 2. The molecule has 0 aliphatic carbocycles. The molecule has 3 rings (SSSR count). The second-order valence-corrected chi connectivity index (χ2v) is 6.02. The number of phenols is 2. The molecule has 4 heteroatoms. The van der Waals surface area contributed by atoms with Crippen molar-refractivity contribution in [3.63, 3.8) is 0 Å². The van der Waals surface area contributed by atoms with Crippen LogP contribution in [0, 0.1) is 0 Å². The minimum Gasteiger partial charge on any atom is -0.508 e. The fraction of sp³-hybridized carbons (Fsp3) is 0.136. The van der Waals surface area contributed by atoms with Crippen molar-refractivity contribution in [1.29, 1.82) is 0 Å². The summed E-state index contributed by atoms with van der Waals surface area (Å²) in [6, 6.07) is 20.1. The van der Waals surface area contributed by atoms with Gasteiger partial charge in [-0.05, 0) is 52.1 Å². The minimum absolute atomic E-state index is 0.206. The van der Waals surface area contributed by atoms with Crippen LogP contribution in [0.2, 0.25) is 0 Å². The molecule has 4 nitrogen and oxygen atoms in total. The van der Waals surface area contributed by atoms with Gasteiger partial charge in [-0.15, -0.1) is 0 Å². The standard InChI is InChI=1S/C22H20O4/c1-15(23)26-14-13-17-3-2-4-21(16-5-9-19(24)10-6-16)22(17)18-7-11-20(25)12-8-18/h2-12,24-25H,13-14H2,1H3. The van der Waals surface area contributed by atoms with Gasteiger partial charge in [0.2, 0.25) is 0 Å². The zero-order valence-electron chi connectivity index (χ0n) is 14.5. The van der Waals surface area contributed by atoms with Crippen molar-refractivity contribution in [2.24, 2.45) is 0 Å². The Morgan fingerprint density at radius 1 is 0.846 bits per heavy atom. The van der Waals surface area contributed by atoms with Crippen LogP contribution in [0.15, 0.2) is 66.7 Å². The SMILES string of the molecule is CC(=O)OCCc1cccc(-c2ccc(O)cc2)c1-c1ccc(O)cc1. The van der Waals surface area contributed by atoms with Crippen molar-refractivity contribution in [1.82, 2.24) is 0 Å². The van der Waals surface area contributed by atoms with Crippen LogP contribution < -0.4 is 0 Å². The normalized spacial score (nSPS) is 10.5. The third kappa shape index (κ3) is 4.03. The van der Waals surface area contributed by atoms with E-state index in [4.69, 9.17) is 4.74 Å². The fourth-order valence-corrected chi connectivity index (χ4v) is 2.96. The lowest BCUT2D eigenvalue weighted by molar-refractivity contribution is -0.140. The van der Waals surface area contributed by atoms with E-state index in [0.717, 1.165) is 27.8 Å². The summed E-state index contributed by atoms with van der Waals surface area (Å²) in [6.45, 7) is 1.70. The molecule has 0 spiro atoms. The molecule has 26 heavy (non-hydrogen) atoms. The lowest BCUT2D eigenvalue weighted by Gasteiger charge is -2.16. The van der Waals surface area contributed by atoms with Crippen LogP contribution in [0.3, 0.4) is 0 Å². The first-order valence-corrected chi connectivity index (χ1v) is 8.38. The molecule has 0 saturated heterocycles. The Balaban J connectivity index is 2.09. The molecule has 0 aliphatic rings. The number of hydrogen-bond acceptors (Lipinski definition) is 4. The maximum atomic E-state index is 11.1. The van der Waals surface area contributed by atoms with Gasteiger partial charge in [-0.2, -0.15) is 0 Å². The highest BCUT2D eigenvalue weighted by molar-refractivity contribution is 5.86. The summed E-state index contributed by atoms with van der Waals surface area (Å²) in [6.07, 6.45) is 0.585. The first kappa shape index (κ1) is 17.5. The molecule has 3 aromatic rings. The van der Waals surface area contributed by atoms with Crippen molar-refractivity contribution in [2.75, 3.05) is 6.61 Å². The van der Waals surface area contributed by atoms with Crippen molar-refractivity contribution in [2.45, 2.75) is 13.3 Å². The largest absolute Gasteiger partial charge is 0.508 e. The summed E-state index contributed by atoms with van der Waals surface area (Å²) in [5.74, 6) is 0.120. The Morgan fingerprint density at radius 3 is 2.00 bits per heavy atom. The van der Waals surface area contributed by atoms with E-state index in [9.17, 15) is 15.0 Å². The number of benzene rings is 3. The molecule has 0 unspecified atom stereocenters. The van der Waals surface area contributed by atoms with E-state index in [-0.39, 0.29) is 17.5 Å². The van der Waals surface area contributed by atoms with E-state index >= 15 is 0 Å². The molecule has 0 aromatic heterocycles. The van der Waals surface area contributed by atoms with Crippen LogP contribution in [-0.4, -0.2) is 22.8 Å². The van der Waals surface area contributed by atoms with Gasteiger partial charge in [-0.1, -0.05) is 42.5 Å². The maximum Gasteiger partial charge on any atom is 0.302 e. The van der Waals surface area contributed by atoms with Gasteiger partial charge in [-0.3, -0.25) is 4.79 Å². The predicted octanol–water partition coefficient (Wildman–Crippen LogP) is 4.54. The average Bonchev–Trinajstić information content (AvgIpc) is 2.63. The van der Waals surface area contributed by atoms with Gasteiger partial charge < -0.3 is 14.9 Å².